The van der Waals surface area contributed by atoms with Gasteiger partial charge in [-0.15, -0.1) is 0 Å². The van der Waals surface area contributed by atoms with Gasteiger partial charge in [-0.25, -0.2) is 24.7 Å². The van der Waals surface area contributed by atoms with E-state index < -0.39 is 17.8 Å². The fraction of sp³-hybridized carbons (Fsp3) is 0.280. The number of hydrogen-bond acceptors (Lipinski definition) is 9. The molecule has 0 spiro atoms. The van der Waals surface area contributed by atoms with Gasteiger partial charge in [0, 0.05) is 29.9 Å². The molecule has 0 aliphatic rings. The number of carbonyl (C=O) groups is 1. The highest BCUT2D eigenvalue weighted by Crippen LogP contribution is 2.18. The van der Waals surface area contributed by atoms with Gasteiger partial charge in [-0.1, -0.05) is 5.92 Å². The van der Waals surface area contributed by atoms with Crippen LogP contribution >= 0.6 is 0 Å². The third-order valence-electron chi connectivity index (χ3n) is 4.57. The zero-order valence-electron chi connectivity index (χ0n) is 19.9. The van der Waals surface area contributed by atoms with Crippen LogP contribution in [0, 0.1) is 11.8 Å². The highest BCUT2D eigenvalue weighted by molar-refractivity contribution is 5.88. The molecule has 10 nitrogen and oxygen atoms in total. The first kappa shape index (κ1) is 23.8. The van der Waals surface area contributed by atoms with Gasteiger partial charge in [0.1, 0.15) is 17.0 Å². The number of fused-ring (bicyclic) bond motifs is 1. The summed E-state index contributed by atoms with van der Waals surface area (Å²) < 4.78 is 6.64. The molecule has 0 saturated carbocycles. The van der Waals surface area contributed by atoms with Gasteiger partial charge in [-0.05, 0) is 63.9 Å². The molecule has 0 radical (unpaired) electrons. The van der Waals surface area contributed by atoms with Crippen molar-refractivity contribution in [3.05, 3.63) is 60.2 Å². The Bertz CT molecular complexity index is 1430. The zero-order chi connectivity index (χ0) is 25.0. The lowest BCUT2D eigenvalue weighted by molar-refractivity contribution is 0.0522. The molecule has 0 unspecified atom stereocenters. The van der Waals surface area contributed by atoms with Crippen molar-refractivity contribution in [2.75, 3.05) is 11.9 Å². The average Bonchev–Trinajstić information content (AvgIpc) is 3.24. The molecule has 0 bridgehead atoms. The lowest BCUT2D eigenvalue weighted by Gasteiger charge is -2.19. The molecule has 10 heteroatoms. The summed E-state index contributed by atoms with van der Waals surface area (Å²) in [5.74, 6) is 6.91. The lowest BCUT2D eigenvalue weighted by Crippen LogP contribution is -2.27. The van der Waals surface area contributed by atoms with Crippen LogP contribution in [0.1, 0.15) is 39.0 Å². The Morgan fingerprint density at radius 2 is 1.94 bits per heavy atom. The molecule has 3 aromatic heterocycles. The number of hydrogen-bond donors (Lipinski definition) is 2. The molecule has 0 amide bonds. The van der Waals surface area contributed by atoms with Gasteiger partial charge in [0.05, 0.1) is 17.8 Å². The number of rotatable bonds is 4. The Hall–Kier alpha value is -4.36. The maximum absolute atomic E-state index is 12.4. The van der Waals surface area contributed by atoms with Crippen LogP contribution in [0.2, 0.25) is 0 Å². The van der Waals surface area contributed by atoms with E-state index in [2.05, 4.69) is 42.2 Å². The van der Waals surface area contributed by atoms with Crippen LogP contribution in [0.5, 0.6) is 0 Å². The van der Waals surface area contributed by atoms with E-state index in [1.165, 1.54) is 4.68 Å². The van der Waals surface area contributed by atoms with E-state index in [-0.39, 0.29) is 0 Å². The van der Waals surface area contributed by atoms with Crippen LogP contribution in [0.15, 0.2) is 48.9 Å². The molecule has 4 aromatic rings. The Morgan fingerprint density at radius 1 is 1.14 bits per heavy atom. The molecule has 0 saturated heterocycles. The quantitative estimate of drug-likeness (QED) is 0.431. The van der Waals surface area contributed by atoms with E-state index >= 15 is 0 Å². The van der Waals surface area contributed by atoms with Crippen molar-refractivity contribution in [1.29, 1.82) is 0 Å². The van der Waals surface area contributed by atoms with Gasteiger partial charge in [-0.3, -0.25) is 0 Å². The molecule has 3 heterocycles. The first-order valence-corrected chi connectivity index (χ1v) is 11.0. The number of carbonyl (C=O) groups excluding carboxylic acids is 1. The predicted octanol–water partition coefficient (Wildman–Crippen LogP) is 3.26. The Labute approximate surface area is 202 Å². The summed E-state index contributed by atoms with van der Waals surface area (Å²) in [6, 6.07) is 8.86. The van der Waals surface area contributed by atoms with E-state index in [1.807, 2.05) is 12.1 Å². The number of benzene rings is 1. The molecule has 2 N–H and O–H groups in total. The average molecular weight is 472 g/mol. The molecule has 35 heavy (non-hydrogen) atoms. The van der Waals surface area contributed by atoms with Gasteiger partial charge >= 0.3 is 6.09 Å². The molecule has 0 aliphatic carbocycles. The number of aliphatic hydroxyl groups excluding tert-OH is 1. The van der Waals surface area contributed by atoms with Crippen molar-refractivity contribution in [2.45, 2.75) is 39.4 Å². The summed E-state index contributed by atoms with van der Waals surface area (Å²) in [5.41, 5.74) is 1.83. The topological polar surface area (TPSA) is 128 Å². The molecular formula is C25H25N7O3. The summed E-state index contributed by atoms with van der Waals surface area (Å²) in [6.45, 7) is 7.42. The normalized spacial score (nSPS) is 12.0. The fourth-order valence-corrected chi connectivity index (χ4v) is 3.06. The SMILES string of the molecule is C[C@@H](O)CNc1nccc(-c2nccc(C#Cc3ccc4c(cnn4C(=O)OC(C)(C)C)c3)n2)n1. The molecule has 1 atom stereocenters. The minimum atomic E-state index is -0.612. The van der Waals surface area contributed by atoms with Crippen molar-refractivity contribution in [3.8, 4) is 23.4 Å². The second-order valence-electron chi connectivity index (χ2n) is 8.82. The van der Waals surface area contributed by atoms with Gasteiger partial charge < -0.3 is 15.2 Å². The first-order valence-electron chi connectivity index (χ1n) is 11.0. The molecule has 0 fully saturated rings. The van der Waals surface area contributed by atoms with E-state index in [4.69, 9.17) is 4.74 Å². The van der Waals surface area contributed by atoms with Gasteiger partial charge in [0.2, 0.25) is 5.95 Å². The van der Waals surface area contributed by atoms with E-state index in [0.717, 1.165) is 10.9 Å². The largest absolute Gasteiger partial charge is 0.442 e. The Kier molecular flexibility index (Phi) is 6.71. The summed E-state index contributed by atoms with van der Waals surface area (Å²) in [5, 5.41) is 17.3. The maximum atomic E-state index is 12.4. The van der Waals surface area contributed by atoms with E-state index in [0.29, 0.717) is 35.2 Å². The van der Waals surface area contributed by atoms with E-state index in [9.17, 15) is 9.90 Å². The molecule has 0 aliphatic heterocycles. The fourth-order valence-electron chi connectivity index (χ4n) is 3.06. The van der Waals surface area contributed by atoms with E-state index in [1.54, 1.807) is 64.5 Å². The Morgan fingerprint density at radius 3 is 2.71 bits per heavy atom. The second kappa shape index (κ2) is 9.87. The zero-order valence-corrected chi connectivity index (χ0v) is 19.9. The number of aliphatic hydroxyl groups is 1. The maximum Gasteiger partial charge on any atom is 0.435 e. The van der Waals surface area contributed by atoms with Gasteiger partial charge in [-0.2, -0.15) is 9.78 Å². The van der Waals surface area contributed by atoms with Crippen molar-refractivity contribution in [2.24, 2.45) is 0 Å². The van der Waals surface area contributed by atoms with Crippen LogP contribution in [0.3, 0.4) is 0 Å². The highest BCUT2D eigenvalue weighted by Gasteiger charge is 2.20. The summed E-state index contributed by atoms with van der Waals surface area (Å²) >= 11 is 0. The molecule has 178 valence electrons. The predicted molar refractivity (Wildman–Crippen MR) is 131 cm³/mol. The highest BCUT2D eigenvalue weighted by atomic mass is 16.6. The van der Waals surface area contributed by atoms with Crippen LogP contribution in [0.4, 0.5) is 10.7 Å². The number of nitrogens with one attached hydrogen (secondary N) is 1. The monoisotopic (exact) mass is 471 g/mol. The van der Waals surface area contributed by atoms with Crippen LogP contribution < -0.4 is 5.32 Å². The van der Waals surface area contributed by atoms with Gasteiger partial charge in [0.25, 0.3) is 0 Å². The van der Waals surface area contributed by atoms with Crippen LogP contribution in [-0.2, 0) is 4.74 Å². The first-order chi connectivity index (χ1) is 16.7. The van der Waals surface area contributed by atoms with Crippen molar-refractivity contribution in [3.63, 3.8) is 0 Å². The van der Waals surface area contributed by atoms with Crippen molar-refractivity contribution >= 4 is 22.9 Å². The number of anilines is 1. The second-order valence-corrected chi connectivity index (χ2v) is 8.82. The minimum absolute atomic E-state index is 0.330. The standard InChI is InChI=1S/C25H25N7O3/c1-16(33)14-28-23-27-12-10-20(31-23)22-26-11-9-19(30-22)7-5-17-6-8-21-18(13-17)15-29-32(21)24(34)35-25(2,3)4/h6,8-13,15-16,33H,14H2,1-4H3,(H,27,28,31)/t16-/m1/s1. The summed E-state index contributed by atoms with van der Waals surface area (Å²) in [4.78, 5) is 29.7. The third kappa shape index (κ3) is 6.16. The number of ether oxygens (including phenoxy) is 1. The molecular weight excluding hydrogens is 446 g/mol. The van der Waals surface area contributed by atoms with Crippen molar-refractivity contribution < 1.29 is 14.6 Å². The minimum Gasteiger partial charge on any atom is -0.442 e. The third-order valence-corrected chi connectivity index (χ3v) is 4.57. The molecule has 1 aromatic carbocycles. The van der Waals surface area contributed by atoms with Crippen LogP contribution in [0.25, 0.3) is 22.4 Å². The Balaban J connectivity index is 1.54. The lowest BCUT2D eigenvalue weighted by atomic mass is 10.1. The molecule has 4 rings (SSSR count). The summed E-state index contributed by atoms with van der Waals surface area (Å²) in [6.07, 6.45) is 3.76. The van der Waals surface area contributed by atoms with Gasteiger partial charge in [0.15, 0.2) is 5.82 Å². The smallest absolute Gasteiger partial charge is 0.435 e. The number of aromatic nitrogens is 6. The van der Waals surface area contributed by atoms with Crippen molar-refractivity contribution in [1.82, 2.24) is 29.7 Å². The summed E-state index contributed by atoms with van der Waals surface area (Å²) in [7, 11) is 0. The number of nitrogens with zero attached hydrogens (tertiary/aromatic N) is 6. The van der Waals surface area contributed by atoms with Crippen LogP contribution in [-0.4, -0.2) is 59.2 Å².